The van der Waals surface area contributed by atoms with E-state index in [-0.39, 0.29) is 18.1 Å². The number of hydrogen-bond donors (Lipinski definition) is 4. The van der Waals surface area contributed by atoms with Crippen LogP contribution in [0, 0.1) is 5.41 Å². The molecule has 3 unspecified atom stereocenters. The van der Waals surface area contributed by atoms with Crippen molar-refractivity contribution in [3.8, 4) is 0 Å². The van der Waals surface area contributed by atoms with Gasteiger partial charge >= 0.3 is 0 Å². The molecule has 0 bridgehead atoms. The highest BCUT2D eigenvalue weighted by Crippen LogP contribution is 2.40. The highest BCUT2D eigenvalue weighted by Gasteiger charge is 2.46. The Hall–Kier alpha value is -3.83. The largest absolute Gasteiger partial charge is 0.349 e. The topological polar surface area (TPSA) is 166 Å². The van der Waals surface area contributed by atoms with Crippen LogP contribution in [0.2, 0.25) is 0 Å². The summed E-state index contributed by atoms with van der Waals surface area (Å²) in [6, 6.07) is -2.73. The van der Waals surface area contributed by atoms with E-state index in [9.17, 15) is 28.8 Å². The molecule has 4 N–H and O–H groups in total. The van der Waals surface area contributed by atoms with Gasteiger partial charge in [-0.2, -0.15) is 0 Å². The molecule has 0 aromatic heterocycles. The van der Waals surface area contributed by atoms with Crippen LogP contribution in [0.4, 0.5) is 0 Å². The van der Waals surface area contributed by atoms with E-state index in [0.717, 1.165) is 38.5 Å². The molecule has 0 aromatic rings. The van der Waals surface area contributed by atoms with Crippen LogP contribution in [0.15, 0.2) is 29.4 Å². The van der Waals surface area contributed by atoms with Crippen molar-refractivity contribution in [2.45, 2.75) is 116 Å². The minimum Gasteiger partial charge on any atom is -0.349 e. The Balaban J connectivity index is 2.22. The van der Waals surface area contributed by atoms with Crippen molar-refractivity contribution in [2.75, 3.05) is 19.6 Å². The lowest BCUT2D eigenvalue weighted by Gasteiger charge is -2.42. The Morgan fingerprint density at radius 1 is 0.978 bits per heavy atom. The molecule has 250 valence electrons. The summed E-state index contributed by atoms with van der Waals surface area (Å²) in [5, 5.41) is 10.8. The van der Waals surface area contributed by atoms with Gasteiger partial charge in [-0.25, -0.2) is 0 Å². The molecular weight excluding hydrogens is 576 g/mol. The van der Waals surface area contributed by atoms with E-state index < -0.39 is 53.0 Å². The number of amides is 5. The van der Waals surface area contributed by atoms with Crippen molar-refractivity contribution in [2.24, 2.45) is 10.4 Å². The third-order valence-electron chi connectivity index (χ3n) is 8.56. The van der Waals surface area contributed by atoms with Crippen molar-refractivity contribution >= 4 is 41.5 Å². The predicted molar refractivity (Wildman–Crippen MR) is 173 cm³/mol. The average molecular weight is 629 g/mol. The van der Waals surface area contributed by atoms with Crippen molar-refractivity contribution in [1.29, 1.82) is 0 Å². The zero-order valence-corrected chi connectivity index (χ0v) is 27.4. The maximum absolute atomic E-state index is 14.2. The molecule has 1 saturated heterocycles. The number of allylic oxidation sites excluding steroid dienone is 2. The van der Waals surface area contributed by atoms with Crippen molar-refractivity contribution in [3.63, 3.8) is 0 Å². The molecule has 1 heterocycles. The first-order chi connectivity index (χ1) is 21.5. The van der Waals surface area contributed by atoms with Crippen molar-refractivity contribution in [3.05, 3.63) is 24.4 Å². The Kier molecular flexibility index (Phi) is 15.7. The monoisotopic (exact) mass is 628 g/mol. The number of carbonyl (C=O) groups excluding carboxylic acids is 6. The molecule has 0 aromatic carbocycles. The van der Waals surface area contributed by atoms with Crippen LogP contribution >= 0.6 is 0 Å². The molecule has 45 heavy (non-hydrogen) atoms. The molecule has 3 atom stereocenters. The minimum absolute atomic E-state index is 0.124. The van der Waals surface area contributed by atoms with E-state index in [0.29, 0.717) is 45.2 Å². The number of nitrogens with one attached hydrogen (secondary N) is 4. The smallest absolute Gasteiger partial charge is 0.289 e. The van der Waals surface area contributed by atoms with Gasteiger partial charge in [0.25, 0.3) is 11.8 Å². The Bertz CT molecular complexity index is 1140. The second kappa shape index (κ2) is 18.9. The highest BCUT2D eigenvalue weighted by molar-refractivity contribution is 6.38. The molecule has 1 saturated carbocycles. The molecule has 2 aliphatic rings. The number of ketones is 1. The highest BCUT2D eigenvalue weighted by atomic mass is 16.2. The van der Waals surface area contributed by atoms with Crippen LogP contribution in [0.5, 0.6) is 0 Å². The van der Waals surface area contributed by atoms with Crippen LogP contribution in [0.25, 0.3) is 0 Å². The first kappa shape index (κ1) is 37.4. The summed E-state index contributed by atoms with van der Waals surface area (Å²) in [7, 11) is 0. The minimum atomic E-state index is -0.986. The summed E-state index contributed by atoms with van der Waals surface area (Å²) in [5.41, 5.74) is -0.419. The number of nitrogens with zero attached hydrogens (tertiary/aromatic N) is 2. The molecule has 5 amide bonds. The first-order valence-electron chi connectivity index (χ1n) is 16.3. The van der Waals surface area contributed by atoms with Gasteiger partial charge in [0.2, 0.25) is 23.5 Å². The average Bonchev–Trinajstić information content (AvgIpc) is 3.53. The summed E-state index contributed by atoms with van der Waals surface area (Å²) in [4.78, 5) is 84.3. The maximum Gasteiger partial charge on any atom is 0.289 e. The molecule has 12 heteroatoms. The number of hydrogen-bond acceptors (Lipinski definition) is 7. The van der Waals surface area contributed by atoms with Gasteiger partial charge in [0.1, 0.15) is 17.8 Å². The predicted octanol–water partition coefficient (Wildman–Crippen LogP) is 2.48. The summed E-state index contributed by atoms with van der Waals surface area (Å²) < 4.78 is 0. The third-order valence-corrected chi connectivity index (χ3v) is 8.56. The Morgan fingerprint density at radius 3 is 2.31 bits per heavy atom. The van der Waals surface area contributed by atoms with Crippen LogP contribution < -0.4 is 21.3 Å². The summed E-state index contributed by atoms with van der Waals surface area (Å²) in [6.07, 6.45) is 12.0. The van der Waals surface area contributed by atoms with Gasteiger partial charge in [-0.05, 0) is 50.9 Å². The number of rotatable bonds is 17. The first-order valence-corrected chi connectivity index (χ1v) is 16.3. The third kappa shape index (κ3) is 10.9. The van der Waals surface area contributed by atoms with Gasteiger partial charge in [0.15, 0.2) is 0 Å². The summed E-state index contributed by atoms with van der Waals surface area (Å²) in [6.45, 7) is 11.3. The molecule has 2 fully saturated rings. The van der Waals surface area contributed by atoms with Gasteiger partial charge in [0.05, 0.1) is 12.6 Å². The fraction of sp³-hybridized carbons (Fsp3) is 0.667. The molecular formula is C33H52N6O6. The lowest BCUT2D eigenvalue weighted by molar-refractivity contribution is -0.146. The van der Waals surface area contributed by atoms with E-state index >= 15 is 0 Å². The number of unbranched alkanes of at least 4 members (excludes halogenated alkanes) is 1. The Morgan fingerprint density at radius 2 is 1.69 bits per heavy atom. The zero-order chi connectivity index (χ0) is 33.4. The fourth-order valence-corrected chi connectivity index (χ4v) is 5.94. The van der Waals surface area contributed by atoms with Gasteiger partial charge in [-0.15, -0.1) is 0 Å². The van der Waals surface area contributed by atoms with E-state index in [4.69, 9.17) is 0 Å². The normalized spacial score (nSPS) is 19.3. The Labute approximate surface area is 267 Å². The van der Waals surface area contributed by atoms with Gasteiger partial charge in [0, 0.05) is 19.3 Å². The fourth-order valence-electron chi connectivity index (χ4n) is 5.94. The van der Waals surface area contributed by atoms with Gasteiger partial charge in [-0.1, -0.05) is 71.6 Å². The van der Waals surface area contributed by atoms with Crippen LogP contribution in [0.3, 0.4) is 0 Å². The van der Waals surface area contributed by atoms with Crippen LogP contribution in [0.1, 0.15) is 98.3 Å². The van der Waals surface area contributed by atoms with Crippen molar-refractivity contribution < 1.29 is 28.8 Å². The second-order valence-electron chi connectivity index (χ2n) is 12.1. The van der Waals surface area contributed by atoms with E-state index in [1.165, 1.54) is 23.3 Å². The molecule has 12 nitrogen and oxygen atoms in total. The zero-order valence-electron chi connectivity index (χ0n) is 27.4. The van der Waals surface area contributed by atoms with Crippen LogP contribution in [-0.4, -0.2) is 84.2 Å². The molecule has 2 rings (SSSR count). The molecule has 1 aliphatic heterocycles. The molecule has 0 radical (unpaired) electrons. The van der Waals surface area contributed by atoms with Gasteiger partial charge in [-0.3, -0.25) is 33.8 Å². The van der Waals surface area contributed by atoms with Crippen LogP contribution in [-0.2, 0) is 28.8 Å². The van der Waals surface area contributed by atoms with E-state index in [1.807, 2.05) is 20.8 Å². The maximum atomic E-state index is 14.2. The van der Waals surface area contributed by atoms with Crippen molar-refractivity contribution in [1.82, 2.24) is 26.2 Å². The SMILES string of the molecule is C=CC=N/C(=C\C)C(=O)NCC(=O)NC(C(=O)N1CCCC1C(=O)NC(CCCC)C(=O)C(=O)NCCC)C1(C)CCCCC1. The second-order valence-corrected chi connectivity index (χ2v) is 12.1. The van der Waals surface area contributed by atoms with Gasteiger partial charge < -0.3 is 26.2 Å². The standard InChI is InChI=1S/C33H52N6O6/c1-6-10-15-24(27(41)31(44)35-20-8-3)37-30(43)25-16-14-21-39(25)32(45)28(33(5)17-12-11-13-18-33)38-26(40)22-36-29(42)23(9-4)34-19-7-2/h7,9,19,24-25,28H,2,6,8,10-18,20-22H2,1,3-5H3,(H,35,44)(H,36,42)(H,37,43)(H,38,40)/b23-9-,34-19?. The number of carbonyl (C=O) groups is 6. The number of Topliss-reactive ketones (excluding diaryl/α,β-unsaturated/α-hetero) is 1. The molecule has 0 spiro atoms. The molecule has 1 aliphatic carbocycles. The number of aliphatic imine (C=N–C) groups is 1. The van der Waals surface area contributed by atoms with E-state index in [2.05, 4.69) is 32.8 Å². The lowest BCUT2D eigenvalue weighted by atomic mass is 9.70. The summed E-state index contributed by atoms with van der Waals surface area (Å²) >= 11 is 0. The lowest BCUT2D eigenvalue weighted by Crippen LogP contribution is -2.61. The number of likely N-dealkylation sites (tertiary alicyclic amines) is 1. The van der Waals surface area contributed by atoms with E-state index in [1.54, 1.807) is 6.92 Å². The summed E-state index contributed by atoms with van der Waals surface area (Å²) in [5.74, 6) is -3.34. The quantitative estimate of drug-likeness (QED) is 0.110.